The third-order valence-electron chi connectivity index (χ3n) is 4.28. The highest BCUT2D eigenvalue weighted by atomic mass is 16.3. The summed E-state index contributed by atoms with van der Waals surface area (Å²) >= 11 is 0. The monoisotopic (exact) mass is 336 g/mol. The molecule has 1 aliphatic carbocycles. The summed E-state index contributed by atoms with van der Waals surface area (Å²) in [7, 11) is 0. The first-order chi connectivity index (χ1) is 12.2. The van der Waals surface area contributed by atoms with Gasteiger partial charge in [0.25, 0.3) is 5.91 Å². The molecular weight excluding hydrogens is 320 g/mol. The molecule has 0 radical (unpaired) electrons. The summed E-state index contributed by atoms with van der Waals surface area (Å²) in [6.45, 7) is 0. The van der Waals surface area contributed by atoms with E-state index in [1.807, 2.05) is 0 Å². The Labute approximate surface area is 143 Å². The lowest BCUT2D eigenvalue weighted by molar-refractivity contribution is 0.102. The van der Waals surface area contributed by atoms with E-state index in [4.69, 9.17) is 4.42 Å². The maximum absolute atomic E-state index is 12.2. The number of rotatable bonds is 4. The van der Waals surface area contributed by atoms with Crippen LogP contribution < -0.4 is 10.7 Å². The number of aromatic nitrogens is 3. The van der Waals surface area contributed by atoms with Gasteiger partial charge in [-0.1, -0.05) is 6.42 Å². The molecule has 0 spiro atoms. The van der Waals surface area contributed by atoms with E-state index >= 15 is 0 Å². The van der Waals surface area contributed by atoms with Crippen molar-refractivity contribution in [3.8, 4) is 5.82 Å². The Morgan fingerprint density at radius 1 is 1.20 bits per heavy atom. The number of hydrogen-bond acceptors (Lipinski definition) is 5. The van der Waals surface area contributed by atoms with E-state index in [9.17, 15) is 9.59 Å². The molecule has 0 saturated heterocycles. The summed E-state index contributed by atoms with van der Waals surface area (Å²) in [5.41, 5.74) is 0.767. The molecule has 1 N–H and O–H groups in total. The number of nitrogens with zero attached hydrogens (tertiary/aromatic N) is 3. The highest BCUT2D eigenvalue weighted by Gasteiger charge is 2.25. The molecule has 3 aromatic heterocycles. The molecule has 0 aromatic carbocycles. The fourth-order valence-electron chi connectivity index (χ4n) is 2.61. The number of anilines is 1. The summed E-state index contributed by atoms with van der Waals surface area (Å²) in [5.74, 6) is 1.31. The van der Waals surface area contributed by atoms with Gasteiger partial charge in [-0.3, -0.25) is 9.59 Å². The zero-order chi connectivity index (χ0) is 17.2. The van der Waals surface area contributed by atoms with Crippen LogP contribution in [0.4, 0.5) is 5.69 Å². The fourth-order valence-corrected chi connectivity index (χ4v) is 2.61. The van der Waals surface area contributed by atoms with Gasteiger partial charge in [0.1, 0.15) is 12.1 Å². The van der Waals surface area contributed by atoms with E-state index < -0.39 is 0 Å². The van der Waals surface area contributed by atoms with E-state index in [1.165, 1.54) is 24.8 Å². The average molecular weight is 336 g/mol. The Balaban J connectivity index is 1.45. The van der Waals surface area contributed by atoms with Crippen LogP contribution in [0.25, 0.3) is 5.82 Å². The van der Waals surface area contributed by atoms with Crippen LogP contribution in [0.3, 0.4) is 0 Å². The predicted octanol–water partition coefficient (Wildman–Crippen LogP) is 2.74. The van der Waals surface area contributed by atoms with Gasteiger partial charge < -0.3 is 14.3 Å². The molecular formula is C18H16N4O3. The third kappa shape index (κ3) is 3.21. The van der Waals surface area contributed by atoms with Crippen molar-refractivity contribution in [1.82, 2.24) is 14.5 Å². The fraction of sp³-hybridized carbons (Fsp3) is 0.222. The smallest absolute Gasteiger partial charge is 0.277 e. The van der Waals surface area contributed by atoms with Crippen molar-refractivity contribution in [3.05, 3.63) is 70.9 Å². The van der Waals surface area contributed by atoms with Crippen molar-refractivity contribution in [2.24, 2.45) is 0 Å². The number of oxazole rings is 1. The summed E-state index contributed by atoms with van der Waals surface area (Å²) in [4.78, 5) is 31.9. The second kappa shape index (κ2) is 6.35. The molecule has 7 heteroatoms. The first-order valence-corrected chi connectivity index (χ1v) is 8.10. The Morgan fingerprint density at radius 2 is 2.00 bits per heavy atom. The Morgan fingerprint density at radius 3 is 2.64 bits per heavy atom. The molecule has 1 fully saturated rings. The number of carbonyl (C=O) groups excluding carboxylic acids is 1. The highest BCUT2D eigenvalue weighted by Crippen LogP contribution is 2.35. The largest absolute Gasteiger partial charge is 0.448 e. The van der Waals surface area contributed by atoms with Crippen LogP contribution in [0.1, 0.15) is 41.6 Å². The van der Waals surface area contributed by atoms with Crippen molar-refractivity contribution in [2.45, 2.75) is 25.2 Å². The van der Waals surface area contributed by atoms with E-state index in [0.29, 0.717) is 23.3 Å². The molecule has 1 saturated carbocycles. The Bertz CT molecular complexity index is 934. The van der Waals surface area contributed by atoms with Crippen molar-refractivity contribution >= 4 is 11.6 Å². The zero-order valence-electron chi connectivity index (χ0n) is 13.4. The van der Waals surface area contributed by atoms with E-state index in [1.54, 1.807) is 35.3 Å². The van der Waals surface area contributed by atoms with Gasteiger partial charge in [-0.25, -0.2) is 9.97 Å². The number of nitrogens with one attached hydrogen (secondary N) is 1. The zero-order valence-corrected chi connectivity index (χ0v) is 13.4. The van der Waals surface area contributed by atoms with Crippen LogP contribution >= 0.6 is 0 Å². The molecule has 3 aromatic rings. The van der Waals surface area contributed by atoms with Crippen LogP contribution in [0.2, 0.25) is 0 Å². The molecule has 126 valence electrons. The van der Waals surface area contributed by atoms with Gasteiger partial charge in [0.05, 0.1) is 11.9 Å². The number of carbonyl (C=O) groups is 1. The summed E-state index contributed by atoms with van der Waals surface area (Å²) in [6, 6.07) is 6.41. The predicted molar refractivity (Wildman–Crippen MR) is 90.9 cm³/mol. The topological polar surface area (TPSA) is 90.0 Å². The number of amides is 1. The van der Waals surface area contributed by atoms with Crippen molar-refractivity contribution < 1.29 is 9.21 Å². The molecule has 25 heavy (non-hydrogen) atoms. The van der Waals surface area contributed by atoms with Crippen LogP contribution in [0, 0.1) is 0 Å². The van der Waals surface area contributed by atoms with E-state index in [0.717, 1.165) is 12.8 Å². The number of pyridine rings is 2. The van der Waals surface area contributed by atoms with E-state index in [2.05, 4.69) is 15.3 Å². The van der Waals surface area contributed by atoms with Crippen molar-refractivity contribution in [2.75, 3.05) is 5.32 Å². The minimum absolute atomic E-state index is 0.0611. The molecule has 7 nitrogen and oxygen atoms in total. The lowest BCUT2D eigenvalue weighted by Crippen LogP contribution is -2.14. The van der Waals surface area contributed by atoms with Crippen LogP contribution in [0.5, 0.6) is 0 Å². The molecule has 4 rings (SSSR count). The third-order valence-corrected chi connectivity index (χ3v) is 4.28. The molecule has 0 unspecified atom stereocenters. The highest BCUT2D eigenvalue weighted by molar-refractivity contribution is 6.02. The van der Waals surface area contributed by atoms with Gasteiger partial charge >= 0.3 is 0 Å². The second-order valence-electron chi connectivity index (χ2n) is 6.00. The van der Waals surface area contributed by atoms with Crippen molar-refractivity contribution in [3.63, 3.8) is 0 Å². The van der Waals surface area contributed by atoms with Crippen LogP contribution in [0.15, 0.2) is 58.3 Å². The minimum atomic E-state index is -0.327. The lowest BCUT2D eigenvalue weighted by Gasteiger charge is -2.21. The summed E-state index contributed by atoms with van der Waals surface area (Å²) in [6.07, 6.45) is 9.54. The lowest BCUT2D eigenvalue weighted by atomic mass is 9.85. The normalized spacial score (nSPS) is 14.1. The summed E-state index contributed by atoms with van der Waals surface area (Å²) < 4.78 is 7.12. The minimum Gasteiger partial charge on any atom is -0.448 e. The van der Waals surface area contributed by atoms with Gasteiger partial charge in [-0.2, -0.15) is 0 Å². The average Bonchev–Trinajstić information content (AvgIpc) is 3.04. The quantitative estimate of drug-likeness (QED) is 0.791. The molecule has 0 atom stereocenters. The first-order valence-electron chi connectivity index (χ1n) is 8.10. The molecule has 0 aliphatic heterocycles. The summed E-state index contributed by atoms with van der Waals surface area (Å²) in [5, 5.41) is 2.75. The van der Waals surface area contributed by atoms with Crippen LogP contribution in [-0.2, 0) is 0 Å². The Hall–Kier alpha value is -3.22. The maximum Gasteiger partial charge on any atom is 0.277 e. The number of hydrogen-bond donors (Lipinski definition) is 1. The molecule has 1 aliphatic rings. The first kappa shape index (κ1) is 15.3. The van der Waals surface area contributed by atoms with Gasteiger partial charge in [0.15, 0.2) is 17.0 Å². The Kier molecular flexibility index (Phi) is 3.89. The standard InChI is InChI=1S/C18H16N4O3/c23-14-6-8-22(9-7-14)16-5-4-13(10-19-16)20-17(24)15-11-25-18(21-15)12-2-1-3-12/h4-12H,1-3H2,(H,20,24). The van der Waals surface area contributed by atoms with Crippen molar-refractivity contribution in [1.29, 1.82) is 0 Å². The molecule has 0 bridgehead atoms. The maximum atomic E-state index is 12.2. The van der Waals surface area contributed by atoms with Gasteiger partial charge in [-0.05, 0) is 25.0 Å². The van der Waals surface area contributed by atoms with Crippen LogP contribution in [-0.4, -0.2) is 20.4 Å². The molecule has 3 heterocycles. The van der Waals surface area contributed by atoms with E-state index in [-0.39, 0.29) is 17.0 Å². The second-order valence-corrected chi connectivity index (χ2v) is 6.00. The SMILES string of the molecule is O=C(Nc1ccc(-n2ccc(=O)cc2)nc1)c1coc(C2CCC2)n1. The van der Waals surface area contributed by atoms with Gasteiger partial charge in [0, 0.05) is 30.4 Å². The van der Waals surface area contributed by atoms with Gasteiger partial charge in [0.2, 0.25) is 0 Å². The molecule has 1 amide bonds. The van der Waals surface area contributed by atoms with Gasteiger partial charge in [-0.15, -0.1) is 0 Å².